The van der Waals surface area contributed by atoms with Crippen molar-refractivity contribution in [2.24, 2.45) is 19.5 Å². The van der Waals surface area contributed by atoms with E-state index in [1.165, 1.54) is 30.5 Å². The molecule has 1 saturated heterocycles. The minimum atomic E-state index is 0.479. The lowest BCUT2D eigenvalue weighted by molar-refractivity contribution is 0.184. The molecule has 7 nitrogen and oxygen atoms in total. The second-order valence-electron chi connectivity index (χ2n) is 8.33. The van der Waals surface area contributed by atoms with Crippen molar-refractivity contribution in [3.05, 3.63) is 30.5 Å². The van der Waals surface area contributed by atoms with Gasteiger partial charge < -0.3 is 15.6 Å². The molecule has 1 aliphatic carbocycles. The summed E-state index contributed by atoms with van der Waals surface area (Å²) in [7, 11) is 4.02. The average Bonchev–Trinajstić information content (AvgIpc) is 3.25. The van der Waals surface area contributed by atoms with Gasteiger partial charge >= 0.3 is 0 Å². The lowest BCUT2D eigenvalue weighted by Gasteiger charge is -2.40. The van der Waals surface area contributed by atoms with Crippen LogP contribution in [0, 0.1) is 5.41 Å². The smallest absolute Gasteiger partial charge is 0.146 e. The van der Waals surface area contributed by atoms with Crippen molar-refractivity contribution in [1.29, 1.82) is 0 Å². The molecule has 1 fully saturated rings. The van der Waals surface area contributed by atoms with Gasteiger partial charge in [0.15, 0.2) is 0 Å². The quantitative estimate of drug-likeness (QED) is 0.717. The molecule has 7 heteroatoms. The molecule has 0 radical (unpaired) electrons. The van der Waals surface area contributed by atoms with Crippen molar-refractivity contribution >= 4 is 22.4 Å². The molecule has 28 heavy (non-hydrogen) atoms. The maximum atomic E-state index is 6.31. The summed E-state index contributed by atoms with van der Waals surface area (Å²) >= 11 is 0. The number of hydrogen-bond acceptors (Lipinski definition) is 5. The van der Waals surface area contributed by atoms with E-state index < -0.39 is 0 Å². The first-order chi connectivity index (χ1) is 13.6. The topological polar surface area (TPSA) is 86.6 Å². The Morgan fingerprint density at radius 2 is 1.96 bits per heavy atom. The van der Waals surface area contributed by atoms with Crippen LogP contribution in [0.25, 0.3) is 27.7 Å². The second-order valence-corrected chi connectivity index (χ2v) is 8.33. The van der Waals surface area contributed by atoms with Crippen molar-refractivity contribution in [2.75, 3.05) is 18.8 Å². The number of hydrogen-bond donors (Lipinski definition) is 2. The number of rotatable bonds is 2. The fourth-order valence-electron chi connectivity index (χ4n) is 5.05. The van der Waals surface area contributed by atoms with Crippen molar-refractivity contribution in [3.8, 4) is 11.1 Å². The Labute approximate surface area is 164 Å². The van der Waals surface area contributed by atoms with Crippen LogP contribution in [0.1, 0.15) is 37.8 Å². The molecule has 0 amide bonds. The predicted molar refractivity (Wildman–Crippen MR) is 111 cm³/mol. The molecule has 146 valence electrons. The van der Waals surface area contributed by atoms with E-state index in [0.717, 1.165) is 48.1 Å². The molecule has 3 N–H and O–H groups in total. The Hall–Kier alpha value is -2.67. The first-order valence-corrected chi connectivity index (χ1v) is 10.1. The fraction of sp³-hybridized carbons (Fsp3) is 0.476. The zero-order chi connectivity index (χ0) is 19.3. The summed E-state index contributed by atoms with van der Waals surface area (Å²) in [4.78, 5) is 8.81. The van der Waals surface area contributed by atoms with Crippen molar-refractivity contribution in [2.45, 2.75) is 32.1 Å². The third kappa shape index (κ3) is 2.64. The predicted octanol–water partition coefficient (Wildman–Crippen LogP) is 2.89. The lowest BCUT2D eigenvalue weighted by atomic mass is 9.68. The number of fused-ring (bicyclic) bond motifs is 1. The third-order valence-electron chi connectivity index (χ3n) is 6.66. The molecule has 0 unspecified atom stereocenters. The van der Waals surface area contributed by atoms with E-state index >= 15 is 0 Å². The Morgan fingerprint density at radius 3 is 2.64 bits per heavy atom. The normalized spacial score (nSPS) is 19.3. The first kappa shape index (κ1) is 17.4. The van der Waals surface area contributed by atoms with Crippen LogP contribution in [-0.2, 0) is 14.1 Å². The maximum Gasteiger partial charge on any atom is 0.146 e. The molecule has 4 heterocycles. The summed E-state index contributed by atoms with van der Waals surface area (Å²) in [5, 5.41) is 8.82. The van der Waals surface area contributed by atoms with E-state index in [1.807, 2.05) is 24.1 Å². The molecular formula is C21H27N7. The highest BCUT2D eigenvalue weighted by molar-refractivity contribution is 6.05. The zero-order valence-electron chi connectivity index (χ0n) is 16.6. The number of allylic oxidation sites excluding steroid dienone is 2. The SMILES string of the molecule is Cn1cc(-c2c(C3=CCC4(CCNCC4)CC3)n(C)c3ncnc(N)c23)cn1. The van der Waals surface area contributed by atoms with Crippen molar-refractivity contribution in [1.82, 2.24) is 29.6 Å². The standard InChI is InChI=1S/C21H27N7/c1-27-12-15(11-26-27)16-17-19(22)24-13-25-20(17)28(2)18(16)14-3-5-21(6-4-14)7-9-23-10-8-21/h3,11-13,23H,4-10H2,1-2H3,(H2,22,24,25). The van der Waals surface area contributed by atoms with Crippen LogP contribution >= 0.6 is 0 Å². The van der Waals surface area contributed by atoms with Crippen LogP contribution in [0.5, 0.6) is 0 Å². The van der Waals surface area contributed by atoms with Gasteiger partial charge in [0.25, 0.3) is 0 Å². The van der Waals surface area contributed by atoms with Crippen LogP contribution in [0.4, 0.5) is 5.82 Å². The Kier molecular flexibility index (Phi) is 4.01. The summed E-state index contributed by atoms with van der Waals surface area (Å²) in [6.07, 6.45) is 14.0. The molecule has 1 aliphatic heterocycles. The summed E-state index contributed by atoms with van der Waals surface area (Å²) in [5.74, 6) is 0.525. The molecule has 2 aliphatic rings. The molecule has 3 aromatic heterocycles. The van der Waals surface area contributed by atoms with Crippen molar-refractivity contribution < 1.29 is 0 Å². The van der Waals surface area contributed by atoms with Gasteiger partial charge in [-0.1, -0.05) is 6.08 Å². The number of aromatic nitrogens is 5. The number of nitrogens with zero attached hydrogens (tertiary/aromatic N) is 5. The van der Waals surface area contributed by atoms with Gasteiger partial charge in [-0.25, -0.2) is 9.97 Å². The Balaban J connectivity index is 1.67. The van der Waals surface area contributed by atoms with Crippen LogP contribution in [-0.4, -0.2) is 37.4 Å². The molecule has 1 spiro atoms. The van der Waals surface area contributed by atoms with Gasteiger partial charge in [-0.05, 0) is 56.2 Å². The van der Waals surface area contributed by atoms with Gasteiger partial charge in [0.1, 0.15) is 17.8 Å². The Bertz CT molecular complexity index is 1070. The van der Waals surface area contributed by atoms with Gasteiger partial charge in [0.2, 0.25) is 0 Å². The highest BCUT2D eigenvalue weighted by atomic mass is 15.2. The summed E-state index contributed by atoms with van der Waals surface area (Å²) < 4.78 is 4.01. The van der Waals surface area contributed by atoms with Gasteiger partial charge in [-0.15, -0.1) is 0 Å². The maximum absolute atomic E-state index is 6.31. The Morgan fingerprint density at radius 1 is 1.14 bits per heavy atom. The van der Waals surface area contributed by atoms with Crippen LogP contribution in [0.15, 0.2) is 24.8 Å². The monoisotopic (exact) mass is 377 g/mol. The number of piperidine rings is 1. The van der Waals surface area contributed by atoms with E-state index in [1.54, 1.807) is 6.33 Å². The first-order valence-electron chi connectivity index (χ1n) is 10.1. The van der Waals surface area contributed by atoms with E-state index in [-0.39, 0.29) is 0 Å². The minimum Gasteiger partial charge on any atom is -0.383 e. The van der Waals surface area contributed by atoms with E-state index in [0.29, 0.717) is 11.2 Å². The zero-order valence-corrected chi connectivity index (χ0v) is 16.6. The number of anilines is 1. The molecule has 0 aromatic carbocycles. The largest absolute Gasteiger partial charge is 0.383 e. The van der Waals surface area contributed by atoms with Crippen LogP contribution in [0.2, 0.25) is 0 Å². The number of nitrogen functional groups attached to an aromatic ring is 1. The van der Waals surface area contributed by atoms with Crippen LogP contribution in [0.3, 0.4) is 0 Å². The highest BCUT2D eigenvalue weighted by Gasteiger charge is 2.35. The number of aryl methyl sites for hydroxylation is 2. The summed E-state index contributed by atoms with van der Waals surface area (Å²) in [5.41, 5.74) is 12.4. The van der Waals surface area contributed by atoms with E-state index in [4.69, 9.17) is 5.73 Å². The average molecular weight is 377 g/mol. The molecule has 0 atom stereocenters. The fourth-order valence-corrected chi connectivity index (χ4v) is 5.05. The van der Waals surface area contributed by atoms with E-state index in [9.17, 15) is 0 Å². The van der Waals surface area contributed by atoms with Crippen LogP contribution < -0.4 is 11.1 Å². The molecular weight excluding hydrogens is 350 g/mol. The van der Waals surface area contributed by atoms with Crippen molar-refractivity contribution in [3.63, 3.8) is 0 Å². The minimum absolute atomic E-state index is 0.479. The van der Waals surface area contributed by atoms with E-state index in [2.05, 4.69) is 38.1 Å². The van der Waals surface area contributed by atoms with Gasteiger partial charge in [-0.3, -0.25) is 4.68 Å². The number of nitrogens with one attached hydrogen (secondary N) is 1. The molecule has 0 saturated carbocycles. The van der Waals surface area contributed by atoms with Gasteiger partial charge in [0.05, 0.1) is 17.3 Å². The molecule has 0 bridgehead atoms. The lowest BCUT2D eigenvalue weighted by Crippen LogP contribution is -2.37. The summed E-state index contributed by atoms with van der Waals surface area (Å²) in [6, 6.07) is 0. The highest BCUT2D eigenvalue weighted by Crippen LogP contribution is 2.47. The molecule has 3 aromatic rings. The van der Waals surface area contributed by atoms with Gasteiger partial charge in [-0.2, -0.15) is 5.10 Å². The van der Waals surface area contributed by atoms with Gasteiger partial charge in [0, 0.05) is 31.4 Å². The third-order valence-corrected chi connectivity index (χ3v) is 6.66. The summed E-state index contributed by atoms with van der Waals surface area (Å²) in [6.45, 7) is 2.29. The number of nitrogens with two attached hydrogens (primary N) is 1. The molecule has 5 rings (SSSR count). The second kappa shape index (κ2) is 6.44.